The van der Waals surface area contributed by atoms with Crippen molar-refractivity contribution in [1.29, 1.82) is 0 Å². The molecular formula is C20H24O2. The normalized spacial score (nSPS) is 21.0. The number of terminal acetylenes is 1. The minimum atomic E-state index is -0.0204. The van der Waals surface area contributed by atoms with Crippen LogP contribution in [0.1, 0.15) is 50.2 Å². The highest BCUT2D eigenvalue weighted by Gasteiger charge is 2.29. The molecule has 0 bridgehead atoms. The standard InChI is InChI=1S/C20H24O2/c1-5-6-7-15-11-18(21)20(19(22)12-15)17-10-14(4)8-9-16(17)13(2)3/h1,10-12,16-17,21-22H,2,6-9H2,3-4H3/t16-,17+/m0/s1. The lowest BCUT2D eigenvalue weighted by molar-refractivity contribution is 0.406. The van der Waals surface area contributed by atoms with Crippen LogP contribution in [-0.2, 0) is 6.42 Å². The first-order valence-electron chi connectivity index (χ1n) is 7.75. The van der Waals surface area contributed by atoms with Crippen LogP contribution in [0.25, 0.3) is 0 Å². The monoisotopic (exact) mass is 296 g/mol. The van der Waals surface area contributed by atoms with E-state index in [1.54, 1.807) is 12.1 Å². The van der Waals surface area contributed by atoms with Crippen molar-refractivity contribution in [2.24, 2.45) is 5.92 Å². The molecule has 2 heteroatoms. The van der Waals surface area contributed by atoms with E-state index in [1.165, 1.54) is 5.57 Å². The van der Waals surface area contributed by atoms with Gasteiger partial charge in [-0.3, -0.25) is 0 Å². The van der Waals surface area contributed by atoms with Crippen LogP contribution < -0.4 is 0 Å². The molecule has 116 valence electrons. The van der Waals surface area contributed by atoms with E-state index in [0.29, 0.717) is 18.4 Å². The third-order valence-corrected chi connectivity index (χ3v) is 4.47. The molecule has 1 aromatic rings. The lowest BCUT2D eigenvalue weighted by Crippen LogP contribution is -2.17. The van der Waals surface area contributed by atoms with Gasteiger partial charge >= 0.3 is 0 Å². The van der Waals surface area contributed by atoms with Crippen LogP contribution in [0.15, 0.2) is 35.9 Å². The third-order valence-electron chi connectivity index (χ3n) is 4.47. The van der Waals surface area contributed by atoms with Gasteiger partial charge in [-0.25, -0.2) is 0 Å². The molecular weight excluding hydrogens is 272 g/mol. The first kappa shape index (κ1) is 16.2. The van der Waals surface area contributed by atoms with Gasteiger partial charge in [0.15, 0.2) is 0 Å². The van der Waals surface area contributed by atoms with Crippen molar-refractivity contribution in [2.75, 3.05) is 0 Å². The minimum Gasteiger partial charge on any atom is -0.507 e. The Labute approximate surface area is 133 Å². The average Bonchev–Trinajstić information content (AvgIpc) is 2.44. The zero-order valence-electron chi connectivity index (χ0n) is 13.4. The van der Waals surface area contributed by atoms with Crippen LogP contribution >= 0.6 is 0 Å². The van der Waals surface area contributed by atoms with Gasteiger partial charge in [-0.05, 0) is 56.7 Å². The van der Waals surface area contributed by atoms with Crippen LogP contribution in [-0.4, -0.2) is 10.2 Å². The van der Waals surface area contributed by atoms with E-state index >= 15 is 0 Å². The lowest BCUT2D eigenvalue weighted by Gasteiger charge is -2.31. The van der Waals surface area contributed by atoms with Crippen molar-refractivity contribution < 1.29 is 10.2 Å². The SMILES string of the molecule is C#CCCc1cc(O)c([C@@H]2C=C(C)CC[C@H]2C(=C)C)c(O)c1. The summed E-state index contributed by atoms with van der Waals surface area (Å²) in [5.41, 5.74) is 3.85. The van der Waals surface area contributed by atoms with Crippen LogP contribution in [0.5, 0.6) is 11.5 Å². The number of hydrogen-bond donors (Lipinski definition) is 2. The Kier molecular flexibility index (Phi) is 4.98. The highest BCUT2D eigenvalue weighted by Crippen LogP contribution is 2.46. The quantitative estimate of drug-likeness (QED) is 0.625. The van der Waals surface area contributed by atoms with Crippen molar-refractivity contribution in [2.45, 2.75) is 45.4 Å². The van der Waals surface area contributed by atoms with Gasteiger partial charge in [0, 0.05) is 17.9 Å². The molecule has 2 N–H and O–H groups in total. The highest BCUT2D eigenvalue weighted by molar-refractivity contribution is 5.51. The van der Waals surface area contributed by atoms with Gasteiger partial charge in [0.1, 0.15) is 11.5 Å². The smallest absolute Gasteiger partial charge is 0.123 e. The van der Waals surface area contributed by atoms with Crippen molar-refractivity contribution in [3.8, 4) is 23.8 Å². The van der Waals surface area contributed by atoms with Gasteiger partial charge in [0.2, 0.25) is 0 Å². The zero-order valence-corrected chi connectivity index (χ0v) is 13.4. The maximum Gasteiger partial charge on any atom is 0.123 e. The molecule has 0 unspecified atom stereocenters. The third kappa shape index (κ3) is 3.36. The molecule has 0 fully saturated rings. The zero-order chi connectivity index (χ0) is 16.3. The Morgan fingerprint density at radius 2 is 2.00 bits per heavy atom. The van der Waals surface area contributed by atoms with E-state index in [9.17, 15) is 10.2 Å². The second kappa shape index (κ2) is 6.75. The number of allylic oxidation sites excluding steroid dienone is 3. The Morgan fingerprint density at radius 3 is 2.55 bits per heavy atom. The molecule has 0 saturated carbocycles. The van der Waals surface area contributed by atoms with E-state index in [2.05, 4.69) is 25.5 Å². The van der Waals surface area contributed by atoms with Crippen LogP contribution in [0, 0.1) is 18.3 Å². The van der Waals surface area contributed by atoms with Gasteiger partial charge < -0.3 is 10.2 Å². The molecule has 0 radical (unpaired) electrons. The van der Waals surface area contributed by atoms with E-state index < -0.39 is 0 Å². The summed E-state index contributed by atoms with van der Waals surface area (Å²) in [4.78, 5) is 0. The molecule has 22 heavy (non-hydrogen) atoms. The molecule has 1 aromatic carbocycles. The van der Waals surface area contributed by atoms with Gasteiger partial charge in [0.25, 0.3) is 0 Å². The molecule has 2 nitrogen and oxygen atoms in total. The molecule has 0 aliphatic heterocycles. The summed E-state index contributed by atoms with van der Waals surface area (Å²) in [7, 11) is 0. The Morgan fingerprint density at radius 1 is 1.36 bits per heavy atom. The first-order valence-corrected chi connectivity index (χ1v) is 7.75. The number of phenols is 2. The van der Waals surface area contributed by atoms with E-state index in [0.717, 1.165) is 24.0 Å². The van der Waals surface area contributed by atoms with Crippen molar-refractivity contribution in [3.05, 3.63) is 47.1 Å². The molecule has 1 aliphatic carbocycles. The summed E-state index contributed by atoms with van der Waals surface area (Å²) in [6.07, 6.45) is 10.7. The minimum absolute atomic E-state index is 0.0204. The number of phenolic OH excluding ortho intramolecular Hbond substituents is 2. The Balaban J connectivity index is 2.44. The summed E-state index contributed by atoms with van der Waals surface area (Å²) in [5, 5.41) is 20.9. The fourth-order valence-electron chi connectivity index (χ4n) is 3.29. The largest absolute Gasteiger partial charge is 0.507 e. The second-order valence-corrected chi connectivity index (χ2v) is 6.28. The molecule has 2 atom stereocenters. The number of benzene rings is 1. The molecule has 0 saturated heterocycles. The number of aryl methyl sites for hydroxylation is 1. The summed E-state index contributed by atoms with van der Waals surface area (Å²) in [6, 6.07) is 3.44. The molecule has 0 spiro atoms. The van der Waals surface area contributed by atoms with Crippen molar-refractivity contribution in [3.63, 3.8) is 0 Å². The molecule has 0 amide bonds. The second-order valence-electron chi connectivity index (χ2n) is 6.28. The lowest BCUT2D eigenvalue weighted by atomic mass is 9.73. The van der Waals surface area contributed by atoms with E-state index in [1.807, 2.05) is 6.92 Å². The topological polar surface area (TPSA) is 40.5 Å². The average molecular weight is 296 g/mol. The van der Waals surface area contributed by atoms with Crippen LogP contribution in [0.4, 0.5) is 0 Å². The van der Waals surface area contributed by atoms with E-state index in [4.69, 9.17) is 6.42 Å². The molecule has 0 aromatic heterocycles. The highest BCUT2D eigenvalue weighted by atomic mass is 16.3. The maximum atomic E-state index is 10.4. The summed E-state index contributed by atoms with van der Waals surface area (Å²) >= 11 is 0. The number of hydrogen-bond acceptors (Lipinski definition) is 2. The maximum absolute atomic E-state index is 10.4. The number of aromatic hydroxyl groups is 2. The van der Waals surface area contributed by atoms with Gasteiger partial charge in [0.05, 0.1) is 0 Å². The van der Waals surface area contributed by atoms with Crippen molar-refractivity contribution in [1.82, 2.24) is 0 Å². The summed E-state index contributed by atoms with van der Waals surface area (Å²) < 4.78 is 0. The van der Waals surface area contributed by atoms with Crippen molar-refractivity contribution >= 4 is 0 Å². The predicted octanol–water partition coefficient (Wildman–Crippen LogP) is 4.68. The first-order chi connectivity index (χ1) is 10.4. The molecule has 0 heterocycles. The molecule has 2 rings (SSSR count). The fourth-order valence-corrected chi connectivity index (χ4v) is 3.29. The fraction of sp³-hybridized carbons (Fsp3) is 0.400. The van der Waals surface area contributed by atoms with Gasteiger partial charge in [-0.2, -0.15) is 0 Å². The van der Waals surface area contributed by atoms with Crippen LogP contribution in [0.2, 0.25) is 0 Å². The summed E-state index contributed by atoms with van der Waals surface area (Å²) in [6.45, 7) is 8.19. The molecule has 1 aliphatic rings. The summed E-state index contributed by atoms with van der Waals surface area (Å²) in [5.74, 6) is 3.10. The van der Waals surface area contributed by atoms with Gasteiger partial charge in [-0.15, -0.1) is 12.3 Å². The van der Waals surface area contributed by atoms with E-state index in [-0.39, 0.29) is 23.3 Å². The van der Waals surface area contributed by atoms with Crippen LogP contribution in [0.3, 0.4) is 0 Å². The van der Waals surface area contributed by atoms with Gasteiger partial charge in [-0.1, -0.05) is 23.8 Å². The predicted molar refractivity (Wildman–Crippen MR) is 91.0 cm³/mol. The Hall–Kier alpha value is -2.14. The number of rotatable bonds is 4. The Bertz CT molecular complexity index is 623.